The zero-order valence-corrected chi connectivity index (χ0v) is 13.2. The van der Waals surface area contributed by atoms with Gasteiger partial charge in [-0.15, -0.1) is 0 Å². The van der Waals surface area contributed by atoms with Gasteiger partial charge in [-0.25, -0.2) is 14.8 Å². The van der Waals surface area contributed by atoms with Gasteiger partial charge in [0.25, 0.3) is 0 Å². The van der Waals surface area contributed by atoms with E-state index in [4.69, 9.17) is 4.74 Å². The molecule has 0 saturated carbocycles. The summed E-state index contributed by atoms with van der Waals surface area (Å²) in [5, 5.41) is 3.31. The molecule has 0 unspecified atom stereocenters. The van der Waals surface area contributed by atoms with Gasteiger partial charge in [0.2, 0.25) is 0 Å². The summed E-state index contributed by atoms with van der Waals surface area (Å²) < 4.78 is 5.70. The normalized spacial score (nSPS) is 20.2. The van der Waals surface area contributed by atoms with Crippen LogP contribution in [-0.2, 0) is 11.3 Å². The Bertz CT molecular complexity index is 755. The Morgan fingerprint density at radius 3 is 2.65 bits per heavy atom. The van der Waals surface area contributed by atoms with Crippen molar-refractivity contribution < 1.29 is 9.53 Å². The topological polar surface area (TPSA) is 67.3 Å². The second-order valence-corrected chi connectivity index (χ2v) is 6.40. The van der Waals surface area contributed by atoms with E-state index in [9.17, 15) is 4.79 Å². The molecule has 6 heteroatoms. The molecule has 4 rings (SSSR count). The van der Waals surface area contributed by atoms with Crippen molar-refractivity contribution in [2.75, 3.05) is 19.6 Å². The summed E-state index contributed by atoms with van der Waals surface area (Å²) in [5.41, 5.74) is 3.12. The molecule has 2 aliphatic heterocycles. The Labute approximate surface area is 134 Å². The van der Waals surface area contributed by atoms with Crippen LogP contribution in [0.5, 0.6) is 0 Å². The van der Waals surface area contributed by atoms with Crippen LogP contribution in [0, 0.1) is 6.92 Å². The fourth-order valence-corrected chi connectivity index (χ4v) is 3.41. The first-order valence-electron chi connectivity index (χ1n) is 8.06. The number of carbonyl (C=O) groups excluding carboxylic acids is 1. The number of para-hydroxylation sites is 2. The molecule has 23 heavy (non-hydrogen) atoms. The SMILES string of the molecule is Cc1nc2ccccc2nc1CN1CC2(CCNCC2)OC1=O. The van der Waals surface area contributed by atoms with E-state index in [0.29, 0.717) is 13.1 Å². The van der Waals surface area contributed by atoms with E-state index in [1.54, 1.807) is 4.90 Å². The van der Waals surface area contributed by atoms with Crippen LogP contribution in [0.3, 0.4) is 0 Å². The van der Waals surface area contributed by atoms with E-state index in [2.05, 4.69) is 15.3 Å². The Kier molecular flexibility index (Phi) is 3.41. The van der Waals surface area contributed by atoms with Crippen LogP contribution >= 0.6 is 0 Å². The number of carbonyl (C=O) groups is 1. The minimum absolute atomic E-state index is 0.235. The number of benzene rings is 1. The molecule has 0 radical (unpaired) electrons. The van der Waals surface area contributed by atoms with Crippen LogP contribution in [0.1, 0.15) is 24.2 Å². The minimum Gasteiger partial charge on any atom is -0.441 e. The summed E-state index contributed by atoms with van der Waals surface area (Å²) in [4.78, 5) is 23.3. The molecule has 120 valence electrons. The third-order valence-electron chi connectivity index (χ3n) is 4.74. The second kappa shape index (κ2) is 5.45. The van der Waals surface area contributed by atoms with Gasteiger partial charge in [-0.05, 0) is 32.1 Å². The van der Waals surface area contributed by atoms with E-state index >= 15 is 0 Å². The van der Waals surface area contributed by atoms with E-state index < -0.39 is 0 Å². The lowest BCUT2D eigenvalue weighted by atomic mass is 9.92. The molecule has 0 atom stereocenters. The molecule has 0 aliphatic carbocycles. The lowest BCUT2D eigenvalue weighted by Crippen LogP contribution is -2.44. The van der Waals surface area contributed by atoms with Crippen molar-refractivity contribution in [2.24, 2.45) is 0 Å². The molecule has 2 fully saturated rings. The molecule has 2 aliphatic rings. The molecule has 2 aromatic rings. The lowest BCUT2D eigenvalue weighted by molar-refractivity contribution is 0.0316. The first kappa shape index (κ1) is 14.4. The van der Waals surface area contributed by atoms with Crippen LogP contribution in [0.15, 0.2) is 24.3 Å². The average Bonchev–Trinajstić information content (AvgIpc) is 2.84. The molecule has 3 heterocycles. The van der Waals surface area contributed by atoms with Crippen molar-refractivity contribution in [3.8, 4) is 0 Å². The lowest BCUT2D eigenvalue weighted by Gasteiger charge is -2.31. The van der Waals surface area contributed by atoms with Crippen molar-refractivity contribution >= 4 is 17.1 Å². The maximum atomic E-state index is 12.3. The highest BCUT2D eigenvalue weighted by atomic mass is 16.6. The van der Waals surface area contributed by atoms with Crippen molar-refractivity contribution in [1.82, 2.24) is 20.2 Å². The summed E-state index contributed by atoms with van der Waals surface area (Å²) in [6.07, 6.45) is 1.51. The standard InChI is InChI=1S/C17H20N4O2/c1-12-15(20-14-5-3-2-4-13(14)19-12)10-21-11-17(23-16(21)22)6-8-18-9-7-17/h2-5,18H,6-11H2,1H3. The zero-order valence-electron chi connectivity index (χ0n) is 13.2. The van der Waals surface area contributed by atoms with Crippen molar-refractivity contribution in [1.29, 1.82) is 0 Å². The Morgan fingerprint density at radius 1 is 1.22 bits per heavy atom. The third-order valence-corrected chi connectivity index (χ3v) is 4.74. The first-order valence-corrected chi connectivity index (χ1v) is 8.06. The molecule has 0 bridgehead atoms. The smallest absolute Gasteiger partial charge is 0.410 e. The number of aromatic nitrogens is 2. The number of aryl methyl sites for hydroxylation is 1. The molecule has 1 aromatic carbocycles. The largest absolute Gasteiger partial charge is 0.441 e. The second-order valence-electron chi connectivity index (χ2n) is 6.40. The number of hydrogen-bond acceptors (Lipinski definition) is 5. The highest BCUT2D eigenvalue weighted by molar-refractivity contribution is 5.74. The molecule has 1 amide bonds. The average molecular weight is 312 g/mol. The van der Waals surface area contributed by atoms with Crippen LogP contribution in [0.2, 0.25) is 0 Å². The van der Waals surface area contributed by atoms with Crippen LogP contribution in [0.4, 0.5) is 4.79 Å². The number of rotatable bonds is 2. The fourth-order valence-electron chi connectivity index (χ4n) is 3.41. The van der Waals surface area contributed by atoms with Crippen molar-refractivity contribution in [3.63, 3.8) is 0 Å². The monoisotopic (exact) mass is 312 g/mol. The van der Waals surface area contributed by atoms with Crippen molar-refractivity contribution in [2.45, 2.75) is 31.9 Å². The van der Waals surface area contributed by atoms with Crippen LogP contribution in [-0.4, -0.2) is 46.2 Å². The number of hydrogen-bond donors (Lipinski definition) is 1. The zero-order chi connectivity index (χ0) is 15.9. The molecule has 6 nitrogen and oxygen atoms in total. The molecule has 1 N–H and O–H groups in total. The number of piperidine rings is 1. The number of amides is 1. The molecule has 1 spiro atoms. The van der Waals surface area contributed by atoms with E-state index in [-0.39, 0.29) is 11.7 Å². The molecular weight excluding hydrogens is 292 g/mol. The van der Waals surface area contributed by atoms with Gasteiger partial charge in [-0.2, -0.15) is 0 Å². The van der Waals surface area contributed by atoms with Gasteiger partial charge in [0.15, 0.2) is 0 Å². The summed E-state index contributed by atoms with van der Waals surface area (Å²) in [7, 11) is 0. The van der Waals surface area contributed by atoms with Gasteiger partial charge in [0.05, 0.1) is 35.5 Å². The Balaban J connectivity index is 1.58. The molecule has 1 aromatic heterocycles. The summed E-state index contributed by atoms with van der Waals surface area (Å²) in [5.74, 6) is 0. The van der Waals surface area contributed by atoms with Crippen LogP contribution < -0.4 is 5.32 Å². The highest BCUT2D eigenvalue weighted by Crippen LogP contribution is 2.32. The van der Waals surface area contributed by atoms with E-state index in [1.807, 2.05) is 31.2 Å². The predicted molar refractivity (Wildman–Crippen MR) is 86.0 cm³/mol. The number of nitrogens with zero attached hydrogens (tertiary/aromatic N) is 3. The van der Waals surface area contributed by atoms with Gasteiger partial charge in [-0.1, -0.05) is 12.1 Å². The molecular formula is C17H20N4O2. The summed E-state index contributed by atoms with van der Waals surface area (Å²) >= 11 is 0. The highest BCUT2D eigenvalue weighted by Gasteiger charge is 2.45. The van der Waals surface area contributed by atoms with E-state index in [0.717, 1.165) is 48.4 Å². The van der Waals surface area contributed by atoms with Gasteiger partial charge in [0.1, 0.15) is 5.60 Å². The van der Waals surface area contributed by atoms with Gasteiger partial charge in [-0.3, -0.25) is 4.90 Å². The minimum atomic E-state index is -0.319. The summed E-state index contributed by atoms with van der Waals surface area (Å²) in [6, 6.07) is 7.80. The molecule has 2 saturated heterocycles. The first-order chi connectivity index (χ1) is 11.2. The number of ether oxygens (including phenoxy) is 1. The fraction of sp³-hybridized carbons (Fsp3) is 0.471. The quantitative estimate of drug-likeness (QED) is 0.919. The maximum Gasteiger partial charge on any atom is 0.410 e. The number of nitrogens with one attached hydrogen (secondary N) is 1. The Morgan fingerprint density at radius 2 is 1.91 bits per heavy atom. The van der Waals surface area contributed by atoms with Gasteiger partial charge in [0, 0.05) is 12.8 Å². The van der Waals surface area contributed by atoms with Crippen LogP contribution in [0.25, 0.3) is 11.0 Å². The predicted octanol–water partition coefficient (Wildman–Crippen LogP) is 2.01. The Hall–Kier alpha value is -2.21. The van der Waals surface area contributed by atoms with Gasteiger partial charge < -0.3 is 10.1 Å². The van der Waals surface area contributed by atoms with Gasteiger partial charge >= 0.3 is 6.09 Å². The van der Waals surface area contributed by atoms with E-state index in [1.165, 1.54) is 0 Å². The maximum absolute atomic E-state index is 12.3. The third kappa shape index (κ3) is 2.63. The summed E-state index contributed by atoms with van der Waals surface area (Å²) in [6.45, 7) is 4.83. The van der Waals surface area contributed by atoms with Crippen molar-refractivity contribution in [3.05, 3.63) is 35.7 Å². The number of fused-ring (bicyclic) bond motifs is 1.